The molecule has 0 spiro atoms. The molecule has 0 bridgehead atoms. The van der Waals surface area contributed by atoms with Crippen molar-refractivity contribution in [2.75, 3.05) is 12.4 Å². The van der Waals surface area contributed by atoms with E-state index in [1.54, 1.807) is 7.11 Å². The van der Waals surface area contributed by atoms with Gasteiger partial charge in [-0.3, -0.25) is 4.79 Å². The van der Waals surface area contributed by atoms with Crippen molar-refractivity contribution in [2.45, 2.75) is 13.3 Å². The van der Waals surface area contributed by atoms with Crippen LogP contribution >= 0.6 is 0 Å². The molecule has 20 heavy (non-hydrogen) atoms. The van der Waals surface area contributed by atoms with E-state index in [0.717, 1.165) is 12.0 Å². The third-order valence-electron chi connectivity index (χ3n) is 3.20. The van der Waals surface area contributed by atoms with Gasteiger partial charge in [-0.05, 0) is 24.1 Å². The van der Waals surface area contributed by atoms with Crippen LogP contribution in [0.2, 0.25) is 0 Å². The highest BCUT2D eigenvalue weighted by molar-refractivity contribution is 5.93. The second-order valence-electron chi connectivity index (χ2n) is 4.78. The molecule has 0 fully saturated rings. The van der Waals surface area contributed by atoms with Crippen molar-refractivity contribution in [3.05, 3.63) is 60.2 Å². The highest BCUT2D eigenvalue weighted by Crippen LogP contribution is 2.24. The first-order valence-electron chi connectivity index (χ1n) is 6.68. The van der Waals surface area contributed by atoms with Crippen LogP contribution in [0.1, 0.15) is 12.5 Å². The number of carbonyl (C=O) groups excluding carboxylic acids is 1. The molecule has 0 aliphatic carbocycles. The van der Waals surface area contributed by atoms with Gasteiger partial charge in [0.15, 0.2) is 0 Å². The van der Waals surface area contributed by atoms with Crippen molar-refractivity contribution in [3.63, 3.8) is 0 Å². The number of rotatable bonds is 5. The van der Waals surface area contributed by atoms with Gasteiger partial charge >= 0.3 is 0 Å². The van der Waals surface area contributed by atoms with Crippen LogP contribution in [-0.4, -0.2) is 13.0 Å². The van der Waals surface area contributed by atoms with Crippen molar-refractivity contribution in [2.24, 2.45) is 5.92 Å². The van der Waals surface area contributed by atoms with Gasteiger partial charge < -0.3 is 10.1 Å². The number of para-hydroxylation sites is 2. The maximum absolute atomic E-state index is 12.2. The minimum Gasteiger partial charge on any atom is -0.495 e. The minimum absolute atomic E-state index is 0.00152. The summed E-state index contributed by atoms with van der Waals surface area (Å²) in [6.07, 6.45) is 0.724. The smallest absolute Gasteiger partial charge is 0.227 e. The normalized spacial score (nSPS) is 11.7. The molecule has 0 aliphatic heterocycles. The van der Waals surface area contributed by atoms with Crippen LogP contribution < -0.4 is 10.1 Å². The molecule has 0 heterocycles. The molecule has 3 nitrogen and oxygen atoms in total. The molecule has 104 valence electrons. The predicted molar refractivity (Wildman–Crippen MR) is 80.9 cm³/mol. The van der Waals surface area contributed by atoms with E-state index in [2.05, 4.69) is 5.32 Å². The molecule has 1 amide bonds. The number of hydrogen-bond donors (Lipinski definition) is 1. The number of nitrogens with one attached hydrogen (secondary N) is 1. The number of methoxy groups -OCH3 is 1. The molecule has 2 rings (SSSR count). The Morgan fingerprint density at radius 2 is 1.75 bits per heavy atom. The van der Waals surface area contributed by atoms with Crippen molar-refractivity contribution in [3.8, 4) is 5.75 Å². The molecule has 2 aromatic carbocycles. The first-order valence-corrected chi connectivity index (χ1v) is 6.68. The topological polar surface area (TPSA) is 38.3 Å². The predicted octanol–water partition coefficient (Wildman–Crippen LogP) is 3.51. The second kappa shape index (κ2) is 6.75. The summed E-state index contributed by atoms with van der Waals surface area (Å²) in [4.78, 5) is 12.2. The Balaban J connectivity index is 2.01. The van der Waals surface area contributed by atoms with E-state index < -0.39 is 0 Å². The fraction of sp³-hybridized carbons (Fsp3) is 0.235. The van der Waals surface area contributed by atoms with E-state index in [4.69, 9.17) is 4.74 Å². The number of carbonyl (C=O) groups is 1. The van der Waals surface area contributed by atoms with Gasteiger partial charge in [-0.2, -0.15) is 0 Å². The lowest BCUT2D eigenvalue weighted by atomic mass is 10.0. The van der Waals surface area contributed by atoms with E-state index in [9.17, 15) is 4.79 Å². The third kappa shape index (κ3) is 3.60. The Hall–Kier alpha value is -2.29. The molecule has 0 saturated heterocycles. The van der Waals surface area contributed by atoms with Crippen LogP contribution in [0.4, 0.5) is 5.69 Å². The summed E-state index contributed by atoms with van der Waals surface area (Å²) in [7, 11) is 1.60. The van der Waals surface area contributed by atoms with Crippen molar-refractivity contribution < 1.29 is 9.53 Å². The quantitative estimate of drug-likeness (QED) is 0.902. The molecule has 1 N–H and O–H groups in total. The van der Waals surface area contributed by atoms with Crippen LogP contribution in [0.3, 0.4) is 0 Å². The summed E-state index contributed by atoms with van der Waals surface area (Å²) in [6.45, 7) is 1.93. The molecule has 2 aromatic rings. The maximum atomic E-state index is 12.2. The second-order valence-corrected chi connectivity index (χ2v) is 4.78. The zero-order valence-electron chi connectivity index (χ0n) is 11.8. The van der Waals surface area contributed by atoms with Gasteiger partial charge in [0, 0.05) is 5.92 Å². The molecular formula is C17H19NO2. The number of ether oxygens (including phenoxy) is 1. The van der Waals surface area contributed by atoms with Crippen molar-refractivity contribution in [1.82, 2.24) is 0 Å². The molecule has 0 unspecified atom stereocenters. The fourth-order valence-electron chi connectivity index (χ4n) is 2.06. The van der Waals surface area contributed by atoms with Crippen LogP contribution in [0.25, 0.3) is 0 Å². The lowest BCUT2D eigenvalue weighted by Crippen LogP contribution is -2.22. The van der Waals surface area contributed by atoms with Gasteiger partial charge in [-0.25, -0.2) is 0 Å². The number of benzene rings is 2. The molecule has 0 aliphatic rings. The number of hydrogen-bond acceptors (Lipinski definition) is 2. The van der Waals surface area contributed by atoms with Gasteiger partial charge in [0.05, 0.1) is 12.8 Å². The Bertz CT molecular complexity index is 566. The van der Waals surface area contributed by atoms with E-state index in [1.165, 1.54) is 0 Å². The molecule has 1 atom stereocenters. The molecular weight excluding hydrogens is 250 g/mol. The molecule has 0 saturated carbocycles. The zero-order valence-corrected chi connectivity index (χ0v) is 11.8. The van der Waals surface area contributed by atoms with Gasteiger partial charge in [0.1, 0.15) is 5.75 Å². The lowest BCUT2D eigenvalue weighted by Gasteiger charge is -2.14. The minimum atomic E-state index is -0.0951. The summed E-state index contributed by atoms with van der Waals surface area (Å²) in [6, 6.07) is 17.4. The highest BCUT2D eigenvalue weighted by Gasteiger charge is 2.15. The summed E-state index contributed by atoms with van der Waals surface area (Å²) in [5.41, 5.74) is 1.87. The van der Waals surface area contributed by atoms with Crippen molar-refractivity contribution in [1.29, 1.82) is 0 Å². The summed E-state index contributed by atoms with van der Waals surface area (Å²) < 4.78 is 5.23. The van der Waals surface area contributed by atoms with Gasteiger partial charge in [-0.1, -0.05) is 49.4 Å². The largest absolute Gasteiger partial charge is 0.495 e. The third-order valence-corrected chi connectivity index (χ3v) is 3.20. The average molecular weight is 269 g/mol. The Kier molecular flexibility index (Phi) is 4.77. The summed E-state index contributed by atoms with van der Waals surface area (Å²) in [5.74, 6) is 0.577. The van der Waals surface area contributed by atoms with Crippen LogP contribution in [0.15, 0.2) is 54.6 Å². The number of anilines is 1. The summed E-state index contributed by atoms with van der Waals surface area (Å²) in [5, 5.41) is 2.92. The SMILES string of the molecule is COc1ccccc1NC(=O)[C@@H](C)Cc1ccccc1. The van der Waals surface area contributed by atoms with Crippen LogP contribution in [-0.2, 0) is 11.2 Å². The van der Waals surface area contributed by atoms with E-state index in [-0.39, 0.29) is 11.8 Å². The molecule has 0 radical (unpaired) electrons. The maximum Gasteiger partial charge on any atom is 0.227 e. The monoisotopic (exact) mass is 269 g/mol. The molecule has 3 heteroatoms. The lowest BCUT2D eigenvalue weighted by molar-refractivity contribution is -0.119. The van der Waals surface area contributed by atoms with Crippen molar-refractivity contribution >= 4 is 11.6 Å². The highest BCUT2D eigenvalue weighted by atomic mass is 16.5. The Morgan fingerprint density at radius 1 is 1.10 bits per heavy atom. The van der Waals surface area contributed by atoms with E-state index in [0.29, 0.717) is 11.4 Å². The van der Waals surface area contributed by atoms with Crippen LogP contribution in [0.5, 0.6) is 5.75 Å². The molecule has 0 aromatic heterocycles. The van der Waals surface area contributed by atoms with E-state index >= 15 is 0 Å². The average Bonchev–Trinajstić information content (AvgIpc) is 2.48. The number of amides is 1. The van der Waals surface area contributed by atoms with Crippen LogP contribution in [0, 0.1) is 5.92 Å². The zero-order chi connectivity index (χ0) is 14.4. The van der Waals surface area contributed by atoms with E-state index in [1.807, 2.05) is 61.5 Å². The Labute approximate surface area is 119 Å². The Morgan fingerprint density at radius 3 is 2.45 bits per heavy atom. The van der Waals surface area contributed by atoms with Gasteiger partial charge in [0.25, 0.3) is 0 Å². The van der Waals surface area contributed by atoms with Gasteiger partial charge in [-0.15, -0.1) is 0 Å². The fourth-order valence-corrected chi connectivity index (χ4v) is 2.06. The first-order chi connectivity index (χ1) is 9.70. The first kappa shape index (κ1) is 14.1. The summed E-state index contributed by atoms with van der Waals surface area (Å²) >= 11 is 0. The van der Waals surface area contributed by atoms with Gasteiger partial charge in [0.2, 0.25) is 5.91 Å². The standard InChI is InChI=1S/C17H19NO2/c1-13(12-14-8-4-3-5-9-14)17(19)18-15-10-6-7-11-16(15)20-2/h3-11,13H,12H2,1-2H3,(H,18,19)/t13-/m0/s1.